The number of benzene rings is 2. The van der Waals surface area contributed by atoms with E-state index in [2.05, 4.69) is 5.32 Å². The van der Waals surface area contributed by atoms with Crippen LogP contribution in [-0.2, 0) is 26.2 Å². The highest BCUT2D eigenvalue weighted by molar-refractivity contribution is 7.92. The Balaban J connectivity index is 2.43. The van der Waals surface area contributed by atoms with E-state index in [4.69, 9.17) is 23.2 Å². The molecule has 10 heteroatoms. The van der Waals surface area contributed by atoms with Gasteiger partial charge in [0.15, 0.2) is 0 Å². The first-order valence-electron chi connectivity index (χ1n) is 10.5. The number of rotatable bonds is 10. The molecule has 0 heterocycles. The highest BCUT2D eigenvalue weighted by Crippen LogP contribution is 2.27. The first-order chi connectivity index (χ1) is 15.5. The van der Waals surface area contributed by atoms with Crippen molar-refractivity contribution < 1.29 is 18.0 Å². The highest BCUT2D eigenvalue weighted by Gasteiger charge is 2.30. The van der Waals surface area contributed by atoms with E-state index in [1.165, 1.54) is 11.0 Å². The largest absolute Gasteiger partial charge is 0.354 e. The number of amides is 2. The van der Waals surface area contributed by atoms with Crippen LogP contribution in [0.5, 0.6) is 0 Å². The standard InChI is InChI=1S/C23H29Cl2N3O4S/c1-5-12-26-23(30)17(3)27(14-18-8-6-7-9-20(18)25)22(29)15-28(33(4,31)32)21-13-19(24)11-10-16(21)2/h6-11,13,17H,5,12,14-15H2,1-4H3,(H,26,30). The summed E-state index contributed by atoms with van der Waals surface area (Å²) >= 11 is 12.4. The van der Waals surface area contributed by atoms with E-state index in [1.54, 1.807) is 50.2 Å². The van der Waals surface area contributed by atoms with Gasteiger partial charge in [0.05, 0.1) is 11.9 Å². The molecule has 1 unspecified atom stereocenters. The zero-order valence-electron chi connectivity index (χ0n) is 19.1. The lowest BCUT2D eigenvalue weighted by Gasteiger charge is -2.32. The lowest BCUT2D eigenvalue weighted by molar-refractivity contribution is -0.139. The van der Waals surface area contributed by atoms with E-state index in [-0.39, 0.29) is 12.5 Å². The van der Waals surface area contributed by atoms with Gasteiger partial charge in [0.2, 0.25) is 21.8 Å². The third-order valence-electron chi connectivity index (χ3n) is 5.13. The molecule has 0 radical (unpaired) electrons. The SMILES string of the molecule is CCCNC(=O)C(C)N(Cc1ccccc1Cl)C(=O)CN(c1cc(Cl)ccc1C)S(C)(=O)=O. The molecule has 0 aliphatic heterocycles. The number of anilines is 1. The molecule has 180 valence electrons. The number of carbonyl (C=O) groups excluding carboxylic acids is 2. The van der Waals surface area contributed by atoms with Crippen LogP contribution in [0.3, 0.4) is 0 Å². The van der Waals surface area contributed by atoms with Gasteiger partial charge in [-0.3, -0.25) is 13.9 Å². The van der Waals surface area contributed by atoms with Crippen molar-refractivity contribution >= 4 is 50.7 Å². The van der Waals surface area contributed by atoms with Crippen molar-refractivity contribution in [1.29, 1.82) is 0 Å². The summed E-state index contributed by atoms with van der Waals surface area (Å²) in [6, 6.07) is 11.0. The lowest BCUT2D eigenvalue weighted by atomic mass is 10.1. The Morgan fingerprint density at radius 1 is 1.12 bits per heavy atom. The Morgan fingerprint density at radius 3 is 2.39 bits per heavy atom. The van der Waals surface area contributed by atoms with E-state index >= 15 is 0 Å². The topological polar surface area (TPSA) is 86.8 Å². The monoisotopic (exact) mass is 513 g/mol. The molecule has 0 saturated heterocycles. The maximum atomic E-state index is 13.5. The number of aryl methyl sites for hydroxylation is 1. The molecular weight excluding hydrogens is 485 g/mol. The van der Waals surface area contributed by atoms with Crippen LogP contribution >= 0.6 is 23.2 Å². The number of carbonyl (C=O) groups is 2. The summed E-state index contributed by atoms with van der Waals surface area (Å²) in [6.07, 6.45) is 1.77. The number of nitrogens with zero attached hydrogens (tertiary/aromatic N) is 2. The van der Waals surface area contributed by atoms with Crippen LogP contribution in [0.4, 0.5) is 5.69 Å². The summed E-state index contributed by atoms with van der Waals surface area (Å²) in [5, 5.41) is 3.58. The number of sulfonamides is 1. The molecule has 0 aliphatic carbocycles. The minimum absolute atomic E-state index is 0.0470. The van der Waals surface area contributed by atoms with Gasteiger partial charge in [-0.05, 0) is 49.6 Å². The molecule has 2 rings (SSSR count). The molecule has 7 nitrogen and oxygen atoms in total. The van der Waals surface area contributed by atoms with Crippen molar-refractivity contribution in [3.8, 4) is 0 Å². The fourth-order valence-electron chi connectivity index (χ4n) is 3.23. The number of halogens is 2. The molecule has 1 atom stereocenters. The summed E-state index contributed by atoms with van der Waals surface area (Å²) in [6.45, 7) is 5.29. The molecular formula is C23H29Cl2N3O4S. The van der Waals surface area contributed by atoms with Gasteiger partial charge in [-0.1, -0.05) is 54.4 Å². The van der Waals surface area contributed by atoms with Crippen molar-refractivity contribution in [1.82, 2.24) is 10.2 Å². The van der Waals surface area contributed by atoms with Gasteiger partial charge in [-0.25, -0.2) is 8.42 Å². The molecule has 0 aromatic heterocycles. The van der Waals surface area contributed by atoms with Crippen molar-refractivity contribution in [3.63, 3.8) is 0 Å². The predicted octanol–water partition coefficient (Wildman–Crippen LogP) is 4.01. The van der Waals surface area contributed by atoms with Crippen LogP contribution in [0.1, 0.15) is 31.4 Å². The third kappa shape index (κ3) is 7.35. The van der Waals surface area contributed by atoms with Crippen LogP contribution in [0.2, 0.25) is 10.0 Å². The van der Waals surface area contributed by atoms with Crippen LogP contribution in [0, 0.1) is 6.92 Å². The second kappa shape index (κ2) is 11.7. The van der Waals surface area contributed by atoms with Crippen molar-refractivity contribution in [3.05, 3.63) is 63.6 Å². The van der Waals surface area contributed by atoms with Gasteiger partial charge < -0.3 is 10.2 Å². The van der Waals surface area contributed by atoms with Crippen molar-refractivity contribution in [2.45, 2.75) is 39.8 Å². The second-order valence-electron chi connectivity index (χ2n) is 7.78. The molecule has 0 saturated carbocycles. The van der Waals surface area contributed by atoms with Crippen LogP contribution < -0.4 is 9.62 Å². The first kappa shape index (κ1) is 27.0. The minimum atomic E-state index is -3.83. The van der Waals surface area contributed by atoms with Crippen molar-refractivity contribution in [2.75, 3.05) is 23.7 Å². The quantitative estimate of drug-likeness (QED) is 0.519. The fraction of sp³-hybridized carbons (Fsp3) is 0.391. The van der Waals surface area contributed by atoms with Gasteiger partial charge in [-0.15, -0.1) is 0 Å². The van der Waals surface area contributed by atoms with Gasteiger partial charge >= 0.3 is 0 Å². The maximum Gasteiger partial charge on any atom is 0.244 e. The maximum absolute atomic E-state index is 13.5. The summed E-state index contributed by atoms with van der Waals surface area (Å²) in [7, 11) is -3.83. The Hall–Kier alpha value is -2.29. The van der Waals surface area contributed by atoms with Gasteiger partial charge in [0, 0.05) is 23.1 Å². The van der Waals surface area contributed by atoms with E-state index in [0.717, 1.165) is 17.0 Å². The Kier molecular flexibility index (Phi) is 9.57. The summed E-state index contributed by atoms with van der Waals surface area (Å²) < 4.78 is 26.3. The zero-order chi connectivity index (χ0) is 24.8. The van der Waals surface area contributed by atoms with Crippen molar-refractivity contribution in [2.24, 2.45) is 0 Å². The van der Waals surface area contributed by atoms with Gasteiger partial charge in [0.25, 0.3) is 0 Å². The number of hydrogen-bond donors (Lipinski definition) is 1. The zero-order valence-corrected chi connectivity index (χ0v) is 21.5. The summed E-state index contributed by atoms with van der Waals surface area (Å²) in [4.78, 5) is 27.5. The molecule has 2 aromatic rings. The first-order valence-corrected chi connectivity index (χ1v) is 13.1. The van der Waals surface area contributed by atoms with E-state index in [1.807, 2.05) is 6.92 Å². The summed E-state index contributed by atoms with van der Waals surface area (Å²) in [5.41, 5.74) is 1.59. The average molecular weight is 514 g/mol. The second-order valence-corrected chi connectivity index (χ2v) is 10.5. The Morgan fingerprint density at radius 2 is 1.79 bits per heavy atom. The smallest absolute Gasteiger partial charge is 0.244 e. The lowest BCUT2D eigenvalue weighted by Crippen LogP contribution is -2.51. The molecule has 0 fully saturated rings. The molecule has 0 aliphatic rings. The molecule has 0 spiro atoms. The van der Waals surface area contributed by atoms with Crippen LogP contribution in [0.25, 0.3) is 0 Å². The summed E-state index contributed by atoms with van der Waals surface area (Å²) in [5.74, 6) is -0.874. The highest BCUT2D eigenvalue weighted by atomic mass is 35.5. The Bertz CT molecular complexity index is 1110. The molecule has 1 N–H and O–H groups in total. The van der Waals surface area contributed by atoms with Gasteiger partial charge in [0.1, 0.15) is 12.6 Å². The minimum Gasteiger partial charge on any atom is -0.354 e. The van der Waals surface area contributed by atoms with E-state index in [9.17, 15) is 18.0 Å². The molecule has 2 amide bonds. The number of hydrogen-bond acceptors (Lipinski definition) is 4. The molecule has 33 heavy (non-hydrogen) atoms. The van der Waals surface area contributed by atoms with E-state index < -0.39 is 28.5 Å². The van der Waals surface area contributed by atoms with Crippen LogP contribution in [-0.4, -0.2) is 50.5 Å². The van der Waals surface area contributed by atoms with Crippen LogP contribution in [0.15, 0.2) is 42.5 Å². The fourth-order valence-corrected chi connectivity index (χ4v) is 4.50. The Labute approximate surface area is 205 Å². The molecule has 0 bridgehead atoms. The number of nitrogens with one attached hydrogen (secondary N) is 1. The average Bonchev–Trinajstić information content (AvgIpc) is 2.75. The molecule has 2 aromatic carbocycles. The van der Waals surface area contributed by atoms with Gasteiger partial charge in [-0.2, -0.15) is 0 Å². The predicted molar refractivity (Wildman–Crippen MR) is 133 cm³/mol. The van der Waals surface area contributed by atoms with E-state index in [0.29, 0.717) is 33.4 Å². The third-order valence-corrected chi connectivity index (χ3v) is 6.86. The normalized spacial score (nSPS) is 12.2.